The van der Waals surface area contributed by atoms with Gasteiger partial charge < -0.3 is 10.4 Å². The minimum absolute atomic E-state index is 0.0501. The molecule has 0 atom stereocenters. The monoisotopic (exact) mass is 412 g/mol. The van der Waals surface area contributed by atoms with Gasteiger partial charge in [-0.3, -0.25) is 0 Å². The third-order valence-corrected chi connectivity index (χ3v) is 5.80. The van der Waals surface area contributed by atoms with Crippen LogP contribution in [-0.2, 0) is 16.6 Å². The maximum Gasteiger partial charge on any atom is 0.341 e. The number of anilines is 1. The number of hydrogen-bond acceptors (Lipinski definition) is 6. The molecule has 0 aliphatic heterocycles. The summed E-state index contributed by atoms with van der Waals surface area (Å²) in [5, 5.41) is 12.6. The predicted molar refractivity (Wildman–Crippen MR) is 102 cm³/mol. The first-order valence-electron chi connectivity index (χ1n) is 8.26. The van der Waals surface area contributed by atoms with Crippen LogP contribution in [0.25, 0.3) is 0 Å². The van der Waals surface area contributed by atoms with E-state index in [9.17, 15) is 18.3 Å². The minimum atomic E-state index is -3.77. The van der Waals surface area contributed by atoms with Gasteiger partial charge in [0.25, 0.3) is 0 Å². The summed E-state index contributed by atoms with van der Waals surface area (Å²) >= 11 is 5.82. The summed E-state index contributed by atoms with van der Waals surface area (Å²) in [5.74, 6) is -0.809. The molecule has 2 aromatic rings. The molecule has 27 heavy (non-hydrogen) atoms. The molecule has 0 unspecified atom stereocenters. The number of halogens is 1. The largest absolute Gasteiger partial charge is 0.477 e. The van der Waals surface area contributed by atoms with Crippen molar-refractivity contribution >= 4 is 33.4 Å². The minimum Gasteiger partial charge on any atom is -0.477 e. The SMILES string of the molecule is CCN(Cc1ncc(C(=O)O)c(NC(C)C)n1)S(=O)(=O)c1ccc(Cl)cc1. The molecule has 10 heteroatoms. The van der Waals surface area contributed by atoms with Gasteiger partial charge >= 0.3 is 5.97 Å². The van der Waals surface area contributed by atoms with Crippen LogP contribution in [0, 0.1) is 0 Å². The molecule has 8 nitrogen and oxygen atoms in total. The van der Waals surface area contributed by atoms with Gasteiger partial charge in [-0.2, -0.15) is 4.31 Å². The van der Waals surface area contributed by atoms with Crippen LogP contribution in [0.2, 0.25) is 5.02 Å². The van der Waals surface area contributed by atoms with Crippen LogP contribution in [0.4, 0.5) is 5.82 Å². The molecule has 0 aliphatic carbocycles. The van der Waals surface area contributed by atoms with Gasteiger partial charge in [0, 0.05) is 23.8 Å². The molecule has 0 fully saturated rings. The zero-order valence-electron chi connectivity index (χ0n) is 15.2. The number of nitrogens with one attached hydrogen (secondary N) is 1. The first-order valence-corrected chi connectivity index (χ1v) is 10.1. The number of aromatic nitrogens is 2. The van der Waals surface area contributed by atoms with Crippen LogP contribution in [0.1, 0.15) is 37.0 Å². The second kappa shape index (κ2) is 8.64. The lowest BCUT2D eigenvalue weighted by molar-refractivity contribution is 0.0697. The molecule has 1 aromatic carbocycles. The van der Waals surface area contributed by atoms with Gasteiger partial charge in [-0.15, -0.1) is 0 Å². The summed E-state index contributed by atoms with van der Waals surface area (Å²) in [4.78, 5) is 19.7. The van der Waals surface area contributed by atoms with E-state index in [1.165, 1.54) is 34.8 Å². The Morgan fingerprint density at radius 1 is 1.30 bits per heavy atom. The molecule has 0 aliphatic rings. The second-order valence-corrected chi connectivity index (χ2v) is 8.41. The summed E-state index contributed by atoms with van der Waals surface area (Å²) < 4.78 is 26.9. The van der Waals surface area contributed by atoms with E-state index in [1.807, 2.05) is 13.8 Å². The highest BCUT2D eigenvalue weighted by atomic mass is 35.5. The Kier molecular flexibility index (Phi) is 6.74. The number of carbonyl (C=O) groups is 1. The van der Waals surface area contributed by atoms with Crippen LogP contribution < -0.4 is 5.32 Å². The zero-order chi connectivity index (χ0) is 20.2. The highest BCUT2D eigenvalue weighted by Crippen LogP contribution is 2.20. The maximum absolute atomic E-state index is 12.8. The van der Waals surface area contributed by atoms with Crippen LogP contribution >= 0.6 is 11.6 Å². The van der Waals surface area contributed by atoms with E-state index in [4.69, 9.17) is 11.6 Å². The Labute approximate surface area is 163 Å². The normalized spacial score (nSPS) is 11.8. The molecule has 0 bridgehead atoms. The van der Waals surface area contributed by atoms with Crippen LogP contribution in [0.3, 0.4) is 0 Å². The molecule has 146 valence electrons. The number of nitrogens with zero attached hydrogens (tertiary/aromatic N) is 3. The predicted octanol–water partition coefficient (Wildman–Crippen LogP) is 2.86. The standard InChI is InChI=1S/C17H21ClN4O4S/c1-4-22(27(25,26)13-7-5-12(18)6-8-13)10-15-19-9-14(17(23)24)16(21-15)20-11(2)3/h5-9,11H,4,10H2,1-3H3,(H,23,24)(H,19,20,21). The van der Waals surface area contributed by atoms with E-state index < -0.39 is 16.0 Å². The van der Waals surface area contributed by atoms with Crippen molar-refractivity contribution in [2.75, 3.05) is 11.9 Å². The van der Waals surface area contributed by atoms with Crippen molar-refractivity contribution in [1.82, 2.24) is 14.3 Å². The van der Waals surface area contributed by atoms with E-state index in [2.05, 4.69) is 15.3 Å². The Morgan fingerprint density at radius 2 is 1.93 bits per heavy atom. The Balaban J connectivity index is 2.35. The summed E-state index contributed by atoms with van der Waals surface area (Å²) in [6, 6.07) is 5.82. The fraction of sp³-hybridized carbons (Fsp3) is 0.353. The highest BCUT2D eigenvalue weighted by Gasteiger charge is 2.25. The molecule has 2 rings (SSSR count). The van der Waals surface area contributed by atoms with Crippen LogP contribution in [-0.4, -0.2) is 46.4 Å². The lowest BCUT2D eigenvalue weighted by Gasteiger charge is -2.20. The molecule has 0 saturated heterocycles. The van der Waals surface area contributed by atoms with E-state index in [1.54, 1.807) is 6.92 Å². The van der Waals surface area contributed by atoms with Crippen molar-refractivity contribution < 1.29 is 18.3 Å². The molecule has 1 heterocycles. The fourth-order valence-electron chi connectivity index (χ4n) is 2.31. The third kappa shape index (κ3) is 5.15. The lowest BCUT2D eigenvalue weighted by Crippen LogP contribution is -2.31. The number of carboxylic acids is 1. The van der Waals surface area contributed by atoms with Crippen molar-refractivity contribution in [2.24, 2.45) is 0 Å². The van der Waals surface area contributed by atoms with E-state index in [0.29, 0.717) is 5.02 Å². The van der Waals surface area contributed by atoms with Gasteiger partial charge in [-0.25, -0.2) is 23.2 Å². The van der Waals surface area contributed by atoms with Gasteiger partial charge in [-0.05, 0) is 38.1 Å². The highest BCUT2D eigenvalue weighted by molar-refractivity contribution is 7.89. The van der Waals surface area contributed by atoms with Gasteiger partial charge in [0.1, 0.15) is 17.2 Å². The maximum atomic E-state index is 12.8. The number of carboxylic acid groups (broad SMARTS) is 1. The average Bonchev–Trinajstić information content (AvgIpc) is 2.59. The number of benzene rings is 1. The van der Waals surface area contributed by atoms with Gasteiger partial charge in [0.2, 0.25) is 10.0 Å². The summed E-state index contributed by atoms with van der Waals surface area (Å²) in [6.45, 7) is 5.50. The second-order valence-electron chi connectivity index (χ2n) is 6.04. The summed E-state index contributed by atoms with van der Waals surface area (Å²) in [5.41, 5.74) is -0.0731. The summed E-state index contributed by atoms with van der Waals surface area (Å²) in [7, 11) is -3.77. The van der Waals surface area contributed by atoms with E-state index >= 15 is 0 Å². The van der Waals surface area contributed by atoms with Gasteiger partial charge in [0.05, 0.1) is 11.4 Å². The Morgan fingerprint density at radius 3 is 2.44 bits per heavy atom. The quantitative estimate of drug-likeness (QED) is 0.685. The van der Waals surface area contributed by atoms with Gasteiger partial charge in [0.15, 0.2) is 0 Å². The number of sulfonamides is 1. The number of rotatable bonds is 8. The number of aromatic carboxylic acids is 1. The zero-order valence-corrected chi connectivity index (χ0v) is 16.8. The third-order valence-electron chi connectivity index (χ3n) is 3.62. The smallest absolute Gasteiger partial charge is 0.341 e. The molecular formula is C17H21ClN4O4S. The van der Waals surface area contributed by atoms with E-state index in [0.717, 1.165) is 0 Å². The van der Waals surface area contributed by atoms with Gasteiger partial charge in [-0.1, -0.05) is 18.5 Å². The molecule has 2 N–H and O–H groups in total. The molecule has 0 saturated carbocycles. The van der Waals surface area contributed by atoms with Crippen molar-refractivity contribution in [1.29, 1.82) is 0 Å². The molecule has 0 spiro atoms. The fourth-order valence-corrected chi connectivity index (χ4v) is 3.84. The average molecular weight is 413 g/mol. The van der Waals surface area contributed by atoms with Crippen molar-refractivity contribution in [3.8, 4) is 0 Å². The Bertz CT molecular complexity index is 917. The van der Waals surface area contributed by atoms with Crippen molar-refractivity contribution in [2.45, 2.75) is 38.3 Å². The summed E-state index contributed by atoms with van der Waals surface area (Å²) in [6.07, 6.45) is 1.18. The van der Waals surface area contributed by atoms with Crippen molar-refractivity contribution in [3.05, 3.63) is 46.9 Å². The van der Waals surface area contributed by atoms with Crippen LogP contribution in [0.15, 0.2) is 35.4 Å². The first kappa shape index (κ1) is 21.1. The first-order chi connectivity index (χ1) is 12.6. The molecular weight excluding hydrogens is 392 g/mol. The molecule has 0 radical (unpaired) electrons. The number of hydrogen-bond donors (Lipinski definition) is 2. The van der Waals surface area contributed by atoms with Crippen LogP contribution in [0.5, 0.6) is 0 Å². The van der Waals surface area contributed by atoms with Crippen molar-refractivity contribution in [3.63, 3.8) is 0 Å². The lowest BCUT2D eigenvalue weighted by atomic mass is 10.3. The topological polar surface area (TPSA) is 112 Å². The van der Waals surface area contributed by atoms with E-state index in [-0.39, 0.29) is 41.2 Å². The molecule has 1 aromatic heterocycles. The Hall–Kier alpha value is -2.23. The molecule has 0 amide bonds.